The largest absolute Gasteiger partial charge is 0.373 e. The highest BCUT2D eigenvalue weighted by Gasteiger charge is 2.31. The van der Waals surface area contributed by atoms with Crippen molar-refractivity contribution in [3.05, 3.63) is 29.8 Å². The van der Waals surface area contributed by atoms with Gasteiger partial charge in [0, 0.05) is 25.4 Å². The molecular formula is C15H24N2O5S2. The highest BCUT2D eigenvalue weighted by molar-refractivity contribution is 7.90. The van der Waals surface area contributed by atoms with Crippen molar-refractivity contribution in [2.45, 2.75) is 43.9 Å². The van der Waals surface area contributed by atoms with Crippen molar-refractivity contribution in [2.24, 2.45) is 0 Å². The van der Waals surface area contributed by atoms with E-state index in [0.717, 1.165) is 6.26 Å². The number of nitrogens with one attached hydrogen (secondary N) is 1. The molecule has 0 aliphatic carbocycles. The van der Waals surface area contributed by atoms with Crippen molar-refractivity contribution in [3.8, 4) is 0 Å². The molecule has 0 radical (unpaired) electrons. The third-order valence-corrected chi connectivity index (χ3v) is 6.62. The molecule has 1 aliphatic heterocycles. The number of hydrogen-bond acceptors (Lipinski definition) is 5. The molecular weight excluding hydrogens is 352 g/mol. The van der Waals surface area contributed by atoms with E-state index < -0.39 is 26.1 Å². The van der Waals surface area contributed by atoms with Gasteiger partial charge in [-0.1, -0.05) is 12.1 Å². The fourth-order valence-electron chi connectivity index (χ4n) is 2.70. The zero-order valence-corrected chi connectivity index (χ0v) is 15.9. The van der Waals surface area contributed by atoms with Gasteiger partial charge >= 0.3 is 0 Å². The summed E-state index contributed by atoms with van der Waals surface area (Å²) < 4.78 is 57.6. The summed E-state index contributed by atoms with van der Waals surface area (Å²) in [6, 6.07) is 5.72. The molecule has 7 nitrogen and oxygen atoms in total. The number of hydrogen-bond donors (Lipinski definition) is 1. The molecule has 0 saturated carbocycles. The van der Waals surface area contributed by atoms with E-state index in [1.54, 1.807) is 19.1 Å². The number of morpholine rings is 1. The highest BCUT2D eigenvalue weighted by Crippen LogP contribution is 2.19. The molecule has 1 aromatic rings. The molecule has 9 heteroatoms. The molecule has 0 aromatic heterocycles. The Morgan fingerprint density at radius 3 is 2.04 bits per heavy atom. The van der Waals surface area contributed by atoms with Gasteiger partial charge in [0.15, 0.2) is 9.84 Å². The average molecular weight is 377 g/mol. The lowest BCUT2D eigenvalue weighted by atomic mass is 10.1. The maximum Gasteiger partial charge on any atom is 0.280 e. The second kappa shape index (κ2) is 7.09. The van der Waals surface area contributed by atoms with E-state index >= 15 is 0 Å². The van der Waals surface area contributed by atoms with Crippen LogP contribution in [0.4, 0.5) is 0 Å². The SMILES string of the molecule is CC1CN(S(=O)(=O)NC(C)c2ccc(S(C)(=O)=O)cc2)CC(C)O1. The van der Waals surface area contributed by atoms with Crippen molar-refractivity contribution in [3.63, 3.8) is 0 Å². The maximum absolute atomic E-state index is 12.6. The summed E-state index contributed by atoms with van der Waals surface area (Å²) in [5, 5.41) is 0. The van der Waals surface area contributed by atoms with E-state index in [1.807, 2.05) is 13.8 Å². The monoisotopic (exact) mass is 376 g/mol. The molecule has 2 rings (SSSR count). The van der Waals surface area contributed by atoms with Crippen LogP contribution < -0.4 is 4.72 Å². The lowest BCUT2D eigenvalue weighted by Crippen LogP contribution is -2.52. The smallest absolute Gasteiger partial charge is 0.280 e. The zero-order chi connectivity index (χ0) is 18.1. The van der Waals surface area contributed by atoms with Gasteiger partial charge in [0.05, 0.1) is 17.1 Å². The first-order valence-corrected chi connectivity index (χ1v) is 11.0. The Hall–Kier alpha value is -1.00. The number of benzene rings is 1. The van der Waals surface area contributed by atoms with Crippen LogP contribution in [0, 0.1) is 0 Å². The van der Waals surface area contributed by atoms with E-state index in [4.69, 9.17) is 4.74 Å². The Morgan fingerprint density at radius 1 is 1.08 bits per heavy atom. The normalized spacial score (nSPS) is 24.7. The molecule has 0 spiro atoms. The number of ether oxygens (including phenoxy) is 1. The van der Waals surface area contributed by atoms with Crippen molar-refractivity contribution in [1.82, 2.24) is 9.03 Å². The van der Waals surface area contributed by atoms with Gasteiger partial charge in [-0.25, -0.2) is 8.42 Å². The number of rotatable bonds is 5. The second-order valence-electron chi connectivity index (χ2n) is 6.26. The standard InChI is InChI=1S/C15H24N2O5S2/c1-11-9-17(10-12(2)22-11)24(20,21)16-13(3)14-5-7-15(8-6-14)23(4,18)19/h5-8,11-13,16H,9-10H2,1-4H3. The molecule has 24 heavy (non-hydrogen) atoms. The van der Waals surface area contributed by atoms with Gasteiger partial charge in [-0.3, -0.25) is 0 Å². The topological polar surface area (TPSA) is 92.8 Å². The molecule has 1 heterocycles. The first-order chi connectivity index (χ1) is 11.0. The van der Waals surface area contributed by atoms with Crippen LogP contribution in [0.3, 0.4) is 0 Å². The van der Waals surface area contributed by atoms with E-state index in [1.165, 1.54) is 16.4 Å². The van der Waals surface area contributed by atoms with Crippen LogP contribution >= 0.6 is 0 Å². The summed E-state index contributed by atoms with van der Waals surface area (Å²) in [4.78, 5) is 0.206. The van der Waals surface area contributed by atoms with Crippen LogP contribution in [0.2, 0.25) is 0 Å². The van der Waals surface area contributed by atoms with Crippen LogP contribution in [0.15, 0.2) is 29.2 Å². The minimum Gasteiger partial charge on any atom is -0.373 e. The first kappa shape index (κ1) is 19.3. The van der Waals surface area contributed by atoms with Crippen LogP contribution in [0.25, 0.3) is 0 Å². The van der Waals surface area contributed by atoms with Gasteiger partial charge < -0.3 is 4.74 Å². The number of nitrogens with zero attached hydrogens (tertiary/aromatic N) is 1. The van der Waals surface area contributed by atoms with Crippen LogP contribution in [-0.4, -0.2) is 52.7 Å². The van der Waals surface area contributed by atoms with Gasteiger partial charge in [-0.15, -0.1) is 0 Å². The van der Waals surface area contributed by atoms with E-state index in [-0.39, 0.29) is 17.1 Å². The molecule has 1 saturated heterocycles. The molecule has 0 amide bonds. The van der Waals surface area contributed by atoms with Crippen molar-refractivity contribution in [2.75, 3.05) is 19.3 Å². The molecule has 0 bridgehead atoms. The maximum atomic E-state index is 12.6. The fraction of sp³-hybridized carbons (Fsp3) is 0.600. The predicted octanol–water partition coefficient (Wildman–Crippen LogP) is 1.09. The van der Waals surface area contributed by atoms with Crippen LogP contribution in [0.1, 0.15) is 32.4 Å². The summed E-state index contributed by atoms with van der Waals surface area (Å²) in [5.41, 5.74) is 0.695. The third kappa shape index (κ3) is 4.76. The Kier molecular flexibility index (Phi) is 5.71. The van der Waals surface area contributed by atoms with Gasteiger partial charge in [0.25, 0.3) is 10.2 Å². The van der Waals surface area contributed by atoms with Gasteiger partial charge in [0.2, 0.25) is 0 Å². The molecule has 136 valence electrons. The van der Waals surface area contributed by atoms with Gasteiger partial charge in [-0.05, 0) is 38.5 Å². The molecule has 1 aromatic carbocycles. The summed E-state index contributed by atoms with van der Waals surface area (Å²) in [6.45, 7) is 6.01. The molecule has 1 fully saturated rings. The lowest BCUT2D eigenvalue weighted by Gasteiger charge is -2.35. The Bertz CT molecular complexity index is 765. The predicted molar refractivity (Wildman–Crippen MR) is 91.6 cm³/mol. The van der Waals surface area contributed by atoms with E-state index in [0.29, 0.717) is 18.7 Å². The Morgan fingerprint density at radius 2 is 1.58 bits per heavy atom. The lowest BCUT2D eigenvalue weighted by molar-refractivity contribution is -0.0444. The number of sulfone groups is 1. The minimum atomic E-state index is -3.65. The van der Waals surface area contributed by atoms with Crippen LogP contribution in [-0.2, 0) is 24.8 Å². The van der Waals surface area contributed by atoms with E-state index in [2.05, 4.69) is 4.72 Å². The summed E-state index contributed by atoms with van der Waals surface area (Å²) in [6.07, 6.45) is 0.818. The molecule has 1 aliphatic rings. The Labute approximate surface area is 144 Å². The summed E-state index contributed by atoms with van der Waals surface area (Å²) in [7, 11) is -6.92. The molecule has 3 unspecified atom stereocenters. The van der Waals surface area contributed by atoms with Crippen molar-refractivity contribution >= 4 is 20.0 Å². The fourth-order valence-corrected chi connectivity index (χ4v) is 4.87. The average Bonchev–Trinajstić information content (AvgIpc) is 2.45. The Balaban J connectivity index is 2.11. The van der Waals surface area contributed by atoms with Crippen molar-refractivity contribution in [1.29, 1.82) is 0 Å². The van der Waals surface area contributed by atoms with E-state index in [9.17, 15) is 16.8 Å². The molecule has 1 N–H and O–H groups in total. The first-order valence-electron chi connectivity index (χ1n) is 7.72. The molecule has 3 atom stereocenters. The van der Waals surface area contributed by atoms with Gasteiger partial charge in [-0.2, -0.15) is 17.4 Å². The van der Waals surface area contributed by atoms with Crippen molar-refractivity contribution < 1.29 is 21.6 Å². The minimum absolute atomic E-state index is 0.158. The third-order valence-electron chi connectivity index (χ3n) is 3.86. The summed E-state index contributed by atoms with van der Waals surface area (Å²) in [5.74, 6) is 0. The van der Waals surface area contributed by atoms with Gasteiger partial charge in [0.1, 0.15) is 0 Å². The second-order valence-corrected chi connectivity index (χ2v) is 9.98. The summed E-state index contributed by atoms with van der Waals surface area (Å²) >= 11 is 0. The quantitative estimate of drug-likeness (QED) is 0.830. The van der Waals surface area contributed by atoms with Crippen LogP contribution in [0.5, 0.6) is 0 Å². The zero-order valence-electron chi connectivity index (χ0n) is 14.3. The highest BCUT2D eigenvalue weighted by atomic mass is 32.2.